The summed E-state index contributed by atoms with van der Waals surface area (Å²) < 4.78 is 15.8. The number of hydrogen-bond donors (Lipinski definition) is 1. The summed E-state index contributed by atoms with van der Waals surface area (Å²) in [6.45, 7) is 1.46. The van der Waals surface area contributed by atoms with Gasteiger partial charge < -0.3 is 4.90 Å². The van der Waals surface area contributed by atoms with E-state index in [0.717, 1.165) is 12.1 Å². The summed E-state index contributed by atoms with van der Waals surface area (Å²) in [6, 6.07) is 23.5. The summed E-state index contributed by atoms with van der Waals surface area (Å²) in [7, 11) is 0. The van der Waals surface area contributed by atoms with Crippen molar-refractivity contribution in [2.45, 2.75) is 37.9 Å². The Labute approximate surface area is 220 Å². The number of fused-ring (bicyclic) bond motifs is 1. The van der Waals surface area contributed by atoms with Crippen LogP contribution in [0.5, 0.6) is 0 Å². The number of rotatable bonds is 5. The SMILES string of the molecule is O=C1CCC(N2Cc3c(ccc(C4=CCN(C(c5ccccc5)c5ccccc5)CC4)c3F)C2=O)C(=O)N1. The fourth-order valence-electron chi connectivity index (χ4n) is 5.90. The first kappa shape index (κ1) is 24.2. The van der Waals surface area contributed by atoms with Crippen LogP contribution in [0.3, 0.4) is 0 Å². The van der Waals surface area contributed by atoms with Crippen LogP contribution < -0.4 is 5.32 Å². The number of imide groups is 1. The van der Waals surface area contributed by atoms with E-state index < -0.39 is 17.8 Å². The smallest absolute Gasteiger partial charge is 0.255 e. The maximum atomic E-state index is 15.8. The van der Waals surface area contributed by atoms with Crippen molar-refractivity contribution in [3.63, 3.8) is 0 Å². The van der Waals surface area contributed by atoms with E-state index >= 15 is 4.39 Å². The monoisotopic (exact) mass is 509 g/mol. The molecule has 3 heterocycles. The van der Waals surface area contributed by atoms with Gasteiger partial charge in [-0.15, -0.1) is 0 Å². The maximum absolute atomic E-state index is 15.8. The van der Waals surface area contributed by atoms with E-state index in [1.165, 1.54) is 16.0 Å². The highest BCUT2D eigenvalue weighted by Crippen LogP contribution is 2.36. The molecule has 3 aliphatic heterocycles. The van der Waals surface area contributed by atoms with Gasteiger partial charge in [0.2, 0.25) is 11.8 Å². The van der Waals surface area contributed by atoms with Crippen LogP contribution >= 0.6 is 0 Å². The van der Waals surface area contributed by atoms with E-state index in [1.54, 1.807) is 12.1 Å². The molecule has 1 fully saturated rings. The molecule has 192 valence electrons. The quantitative estimate of drug-likeness (QED) is 0.516. The number of amides is 3. The van der Waals surface area contributed by atoms with Crippen LogP contribution in [0.1, 0.15) is 57.9 Å². The van der Waals surface area contributed by atoms with Gasteiger partial charge in [-0.3, -0.25) is 24.6 Å². The van der Waals surface area contributed by atoms with Crippen LogP contribution in [-0.4, -0.2) is 46.7 Å². The third-order valence-electron chi connectivity index (χ3n) is 7.83. The molecule has 1 atom stereocenters. The second kappa shape index (κ2) is 9.99. The van der Waals surface area contributed by atoms with Crippen molar-refractivity contribution in [3.8, 4) is 0 Å². The van der Waals surface area contributed by atoms with Gasteiger partial charge in [-0.1, -0.05) is 72.8 Å². The third-order valence-corrected chi connectivity index (χ3v) is 7.83. The summed E-state index contributed by atoms with van der Waals surface area (Å²) in [5.74, 6) is -1.60. The van der Waals surface area contributed by atoms with E-state index in [4.69, 9.17) is 0 Å². The average molecular weight is 510 g/mol. The van der Waals surface area contributed by atoms with Gasteiger partial charge >= 0.3 is 0 Å². The topological polar surface area (TPSA) is 69.7 Å². The van der Waals surface area contributed by atoms with Crippen LogP contribution in [0.2, 0.25) is 0 Å². The maximum Gasteiger partial charge on any atom is 0.255 e. The Hall–Kier alpha value is -4.10. The lowest BCUT2D eigenvalue weighted by atomic mass is 9.92. The van der Waals surface area contributed by atoms with Crippen molar-refractivity contribution in [1.29, 1.82) is 0 Å². The number of benzene rings is 3. The van der Waals surface area contributed by atoms with Crippen molar-refractivity contribution in [2.75, 3.05) is 13.1 Å². The molecule has 6 rings (SSSR count). The first-order valence-electron chi connectivity index (χ1n) is 13.0. The molecule has 3 aromatic carbocycles. The van der Waals surface area contributed by atoms with Gasteiger partial charge in [-0.25, -0.2) is 4.39 Å². The summed E-state index contributed by atoms with van der Waals surface area (Å²) >= 11 is 0. The Morgan fingerprint density at radius 3 is 2.11 bits per heavy atom. The van der Waals surface area contributed by atoms with Crippen molar-refractivity contribution in [1.82, 2.24) is 15.1 Å². The van der Waals surface area contributed by atoms with Gasteiger partial charge in [0, 0.05) is 36.2 Å². The van der Waals surface area contributed by atoms with Gasteiger partial charge in [-0.2, -0.15) is 0 Å². The van der Waals surface area contributed by atoms with Crippen LogP contribution in [0, 0.1) is 5.82 Å². The van der Waals surface area contributed by atoms with Crippen LogP contribution in [-0.2, 0) is 16.1 Å². The molecule has 0 spiro atoms. The van der Waals surface area contributed by atoms with Gasteiger partial charge in [0.05, 0.1) is 12.6 Å². The summed E-state index contributed by atoms with van der Waals surface area (Å²) in [5, 5.41) is 2.29. The molecule has 7 heteroatoms. The highest BCUT2D eigenvalue weighted by Gasteiger charge is 2.40. The van der Waals surface area contributed by atoms with E-state index in [9.17, 15) is 14.4 Å². The highest BCUT2D eigenvalue weighted by molar-refractivity contribution is 6.05. The Balaban J connectivity index is 1.25. The Kier molecular flexibility index (Phi) is 6.37. The Morgan fingerprint density at radius 1 is 0.842 bits per heavy atom. The zero-order chi connectivity index (χ0) is 26.2. The normalized spacial score (nSPS) is 19.9. The molecule has 0 aromatic heterocycles. The standard InChI is InChI=1S/C31H28FN3O3/c32-28-23(11-12-24-25(28)19-35(31(24)38)26-13-14-27(36)33-30(26)37)20-15-17-34(18-16-20)29(21-7-3-1-4-8-21)22-9-5-2-6-10-22/h1-12,15,26,29H,13-14,16-19H2,(H,33,36,37). The molecule has 0 radical (unpaired) electrons. The summed E-state index contributed by atoms with van der Waals surface area (Å²) in [5.41, 5.74) is 4.48. The van der Waals surface area contributed by atoms with Crippen molar-refractivity contribution >= 4 is 23.3 Å². The largest absolute Gasteiger partial charge is 0.322 e. The predicted molar refractivity (Wildman–Crippen MR) is 141 cm³/mol. The molecule has 1 unspecified atom stereocenters. The number of halogens is 1. The molecule has 0 saturated carbocycles. The molecule has 38 heavy (non-hydrogen) atoms. The molecular weight excluding hydrogens is 481 g/mol. The zero-order valence-corrected chi connectivity index (χ0v) is 20.9. The minimum Gasteiger partial charge on any atom is -0.322 e. The second-order valence-electron chi connectivity index (χ2n) is 10.1. The minimum atomic E-state index is -0.759. The molecule has 0 bridgehead atoms. The number of piperidine rings is 1. The van der Waals surface area contributed by atoms with Crippen LogP contribution in [0.4, 0.5) is 4.39 Å². The second-order valence-corrected chi connectivity index (χ2v) is 10.1. The van der Waals surface area contributed by atoms with Crippen LogP contribution in [0.15, 0.2) is 78.9 Å². The highest BCUT2D eigenvalue weighted by atomic mass is 19.1. The lowest BCUT2D eigenvalue weighted by molar-refractivity contribution is -0.136. The van der Waals surface area contributed by atoms with Gasteiger partial charge in [0.25, 0.3) is 5.91 Å². The molecule has 3 aliphatic rings. The van der Waals surface area contributed by atoms with Crippen LogP contribution in [0.25, 0.3) is 5.57 Å². The number of nitrogens with one attached hydrogen (secondary N) is 1. The predicted octanol–water partition coefficient (Wildman–Crippen LogP) is 4.47. The number of nitrogens with zero attached hydrogens (tertiary/aromatic N) is 2. The first-order chi connectivity index (χ1) is 18.5. The molecule has 1 saturated heterocycles. The van der Waals surface area contributed by atoms with E-state index in [2.05, 4.69) is 64.8 Å². The summed E-state index contributed by atoms with van der Waals surface area (Å²) in [6.07, 6.45) is 3.18. The lowest BCUT2D eigenvalue weighted by Gasteiger charge is -2.35. The minimum absolute atomic E-state index is 0.0314. The van der Waals surface area contributed by atoms with E-state index in [-0.39, 0.29) is 37.2 Å². The third kappa shape index (κ3) is 4.33. The van der Waals surface area contributed by atoms with E-state index in [0.29, 0.717) is 29.7 Å². The molecule has 3 amide bonds. The van der Waals surface area contributed by atoms with Crippen molar-refractivity contribution in [2.24, 2.45) is 0 Å². The molecule has 1 N–H and O–H groups in total. The average Bonchev–Trinajstić information content (AvgIpc) is 3.28. The molecular formula is C31H28FN3O3. The van der Waals surface area contributed by atoms with Gasteiger partial charge in [0.15, 0.2) is 0 Å². The van der Waals surface area contributed by atoms with Gasteiger partial charge in [0.1, 0.15) is 11.9 Å². The lowest BCUT2D eigenvalue weighted by Crippen LogP contribution is -2.52. The number of hydrogen-bond acceptors (Lipinski definition) is 4. The summed E-state index contributed by atoms with van der Waals surface area (Å²) in [4.78, 5) is 40.7. The van der Waals surface area contributed by atoms with Crippen molar-refractivity contribution in [3.05, 3.63) is 113 Å². The fourth-order valence-corrected chi connectivity index (χ4v) is 5.90. The van der Waals surface area contributed by atoms with Gasteiger partial charge in [-0.05, 0) is 35.6 Å². The van der Waals surface area contributed by atoms with Crippen molar-refractivity contribution < 1.29 is 18.8 Å². The molecule has 0 aliphatic carbocycles. The zero-order valence-electron chi connectivity index (χ0n) is 20.9. The molecule has 3 aromatic rings. The molecule has 6 nitrogen and oxygen atoms in total. The Morgan fingerprint density at radius 2 is 1.50 bits per heavy atom. The first-order valence-corrected chi connectivity index (χ1v) is 13.0. The number of carbonyl (C=O) groups excluding carboxylic acids is 3. The fraction of sp³-hybridized carbons (Fsp3) is 0.258. The van der Waals surface area contributed by atoms with E-state index in [1.807, 2.05) is 12.1 Å². The Bertz CT molecular complexity index is 1400. The number of carbonyl (C=O) groups is 3.